The fourth-order valence-electron chi connectivity index (χ4n) is 1.62. The van der Waals surface area contributed by atoms with E-state index in [0.29, 0.717) is 22.0 Å². The number of ketones is 1. The summed E-state index contributed by atoms with van der Waals surface area (Å²) in [4.78, 5) is 19.9. The molecule has 0 atom stereocenters. The van der Waals surface area contributed by atoms with Gasteiger partial charge in [-0.1, -0.05) is 11.8 Å². The molecular weight excluding hydrogens is 251 g/mol. The minimum atomic E-state index is -0.390. The number of carbonyl (C=O) groups is 1. The van der Waals surface area contributed by atoms with Gasteiger partial charge in [-0.2, -0.15) is 0 Å². The second kappa shape index (κ2) is 5.27. The Labute approximate surface area is 108 Å². The summed E-state index contributed by atoms with van der Waals surface area (Å²) in [6.07, 6.45) is 3.46. The van der Waals surface area contributed by atoms with Crippen molar-refractivity contribution in [2.45, 2.75) is 12.1 Å². The number of aromatic nitrogens is 2. The van der Waals surface area contributed by atoms with Crippen LogP contribution in [0.5, 0.6) is 0 Å². The van der Waals surface area contributed by atoms with Gasteiger partial charge >= 0.3 is 0 Å². The van der Waals surface area contributed by atoms with E-state index in [1.54, 1.807) is 12.3 Å². The van der Waals surface area contributed by atoms with E-state index >= 15 is 0 Å². The van der Waals surface area contributed by atoms with Gasteiger partial charge in [0.05, 0.1) is 5.69 Å². The maximum atomic E-state index is 13.3. The fourth-order valence-corrected chi connectivity index (χ4v) is 1.98. The van der Waals surface area contributed by atoms with Crippen molar-refractivity contribution >= 4 is 17.5 Å². The molecule has 0 aliphatic carbocycles. The van der Waals surface area contributed by atoms with Crippen molar-refractivity contribution in [3.05, 3.63) is 41.8 Å². The maximum absolute atomic E-state index is 13.3. The molecule has 0 amide bonds. The monoisotopic (exact) mass is 262 g/mol. The van der Waals surface area contributed by atoms with Crippen molar-refractivity contribution in [2.24, 2.45) is 0 Å². The average Bonchev–Trinajstić information content (AvgIpc) is 2.38. The molecule has 5 heteroatoms. The van der Waals surface area contributed by atoms with Crippen LogP contribution in [0.25, 0.3) is 11.3 Å². The number of carbonyl (C=O) groups excluding carboxylic acids is 1. The molecule has 0 aliphatic heterocycles. The third kappa shape index (κ3) is 2.56. The quantitative estimate of drug-likeness (QED) is 0.484. The number of hydrogen-bond acceptors (Lipinski definition) is 4. The first-order chi connectivity index (χ1) is 8.61. The normalized spacial score (nSPS) is 10.4. The van der Waals surface area contributed by atoms with Gasteiger partial charge in [-0.15, -0.1) is 0 Å². The van der Waals surface area contributed by atoms with Crippen molar-refractivity contribution in [1.82, 2.24) is 9.97 Å². The highest BCUT2D eigenvalue weighted by molar-refractivity contribution is 7.98. The molecule has 0 aliphatic rings. The van der Waals surface area contributed by atoms with E-state index in [0.717, 1.165) is 0 Å². The highest BCUT2D eigenvalue weighted by Gasteiger charge is 2.12. The third-order valence-corrected chi connectivity index (χ3v) is 3.01. The first kappa shape index (κ1) is 12.7. The van der Waals surface area contributed by atoms with Crippen molar-refractivity contribution in [3.63, 3.8) is 0 Å². The molecule has 0 N–H and O–H groups in total. The summed E-state index contributed by atoms with van der Waals surface area (Å²) in [5.74, 6) is -0.506. The lowest BCUT2D eigenvalue weighted by atomic mass is 10.0. The Kier molecular flexibility index (Phi) is 3.72. The molecule has 1 aromatic carbocycles. The van der Waals surface area contributed by atoms with Gasteiger partial charge in [-0.05, 0) is 37.4 Å². The molecule has 1 aromatic heterocycles. The van der Waals surface area contributed by atoms with E-state index in [-0.39, 0.29) is 11.6 Å². The Morgan fingerprint density at radius 3 is 2.78 bits per heavy atom. The third-order valence-electron chi connectivity index (χ3n) is 2.45. The van der Waals surface area contributed by atoms with Gasteiger partial charge in [0.15, 0.2) is 10.9 Å². The average molecular weight is 262 g/mol. The smallest absolute Gasteiger partial charge is 0.187 e. The van der Waals surface area contributed by atoms with Crippen LogP contribution < -0.4 is 0 Å². The molecule has 0 saturated carbocycles. The number of thioether (sulfide) groups is 1. The second-order valence-electron chi connectivity index (χ2n) is 3.67. The van der Waals surface area contributed by atoms with Crippen LogP contribution in [0.4, 0.5) is 4.39 Å². The number of nitrogens with zero attached hydrogens (tertiary/aromatic N) is 2. The molecule has 0 fully saturated rings. The van der Waals surface area contributed by atoms with Crippen molar-refractivity contribution in [2.75, 3.05) is 6.26 Å². The van der Waals surface area contributed by atoms with Crippen LogP contribution in [0.15, 0.2) is 35.6 Å². The molecule has 0 bridgehead atoms. The predicted molar refractivity (Wildman–Crippen MR) is 69.2 cm³/mol. The summed E-state index contributed by atoms with van der Waals surface area (Å²) >= 11 is 1.40. The van der Waals surface area contributed by atoms with Crippen LogP contribution in [0.2, 0.25) is 0 Å². The fraction of sp³-hybridized carbons (Fsp3) is 0.154. The summed E-state index contributed by atoms with van der Waals surface area (Å²) in [7, 11) is 0. The van der Waals surface area contributed by atoms with Gasteiger partial charge in [0, 0.05) is 17.3 Å². The summed E-state index contributed by atoms with van der Waals surface area (Å²) in [5.41, 5.74) is 1.52. The molecule has 0 spiro atoms. The minimum Gasteiger partial charge on any atom is -0.294 e. The Morgan fingerprint density at radius 2 is 2.11 bits per heavy atom. The van der Waals surface area contributed by atoms with E-state index < -0.39 is 0 Å². The van der Waals surface area contributed by atoms with Crippen LogP contribution in [0.3, 0.4) is 0 Å². The van der Waals surface area contributed by atoms with Crippen LogP contribution in [0, 0.1) is 5.82 Å². The molecule has 2 rings (SSSR count). The Balaban J connectivity index is 2.61. The Hall–Kier alpha value is -1.75. The van der Waals surface area contributed by atoms with Crippen molar-refractivity contribution in [3.8, 4) is 11.3 Å². The van der Waals surface area contributed by atoms with Gasteiger partial charge < -0.3 is 0 Å². The van der Waals surface area contributed by atoms with Crippen LogP contribution in [-0.2, 0) is 0 Å². The summed E-state index contributed by atoms with van der Waals surface area (Å²) in [6, 6.07) is 5.74. The standard InChI is InChI=1S/C13H11FN2OS/c1-8(17)10-4-3-9(14)7-11(10)12-5-6-15-13(16-12)18-2/h3-7H,1-2H3. The number of rotatable bonds is 3. The lowest BCUT2D eigenvalue weighted by Gasteiger charge is -2.07. The van der Waals surface area contributed by atoms with Crippen LogP contribution >= 0.6 is 11.8 Å². The molecule has 0 radical (unpaired) electrons. The van der Waals surface area contributed by atoms with Gasteiger partial charge in [-0.25, -0.2) is 14.4 Å². The van der Waals surface area contributed by atoms with E-state index in [1.165, 1.54) is 36.9 Å². The number of halogens is 1. The lowest BCUT2D eigenvalue weighted by molar-refractivity contribution is 0.101. The summed E-state index contributed by atoms with van der Waals surface area (Å²) in [6.45, 7) is 1.45. The highest BCUT2D eigenvalue weighted by atomic mass is 32.2. The number of benzene rings is 1. The zero-order valence-electron chi connectivity index (χ0n) is 9.98. The Bertz CT molecular complexity index is 601. The first-order valence-electron chi connectivity index (χ1n) is 5.29. The van der Waals surface area contributed by atoms with E-state index in [4.69, 9.17) is 0 Å². The molecule has 2 aromatic rings. The highest BCUT2D eigenvalue weighted by Crippen LogP contribution is 2.24. The molecule has 0 saturated heterocycles. The zero-order valence-corrected chi connectivity index (χ0v) is 10.8. The van der Waals surface area contributed by atoms with E-state index in [1.807, 2.05) is 6.26 Å². The topological polar surface area (TPSA) is 42.9 Å². The minimum absolute atomic E-state index is 0.116. The molecule has 18 heavy (non-hydrogen) atoms. The van der Waals surface area contributed by atoms with Gasteiger partial charge in [0.2, 0.25) is 0 Å². The molecule has 1 heterocycles. The lowest BCUT2D eigenvalue weighted by Crippen LogP contribution is -1.99. The van der Waals surface area contributed by atoms with Crippen molar-refractivity contribution < 1.29 is 9.18 Å². The predicted octanol–water partition coefficient (Wildman–Crippen LogP) is 3.21. The second-order valence-corrected chi connectivity index (χ2v) is 4.45. The molecule has 92 valence electrons. The van der Waals surface area contributed by atoms with Crippen LogP contribution in [-0.4, -0.2) is 22.0 Å². The molecular formula is C13H11FN2OS. The van der Waals surface area contributed by atoms with Gasteiger partial charge in [0.1, 0.15) is 5.82 Å². The molecule has 3 nitrogen and oxygen atoms in total. The summed E-state index contributed by atoms with van der Waals surface area (Å²) in [5, 5.41) is 0.589. The molecule has 0 unspecified atom stereocenters. The first-order valence-corrected chi connectivity index (χ1v) is 6.52. The maximum Gasteiger partial charge on any atom is 0.187 e. The Morgan fingerprint density at radius 1 is 1.33 bits per heavy atom. The number of Topliss-reactive ketones (excluding diaryl/α,β-unsaturated/α-hetero) is 1. The van der Waals surface area contributed by atoms with Gasteiger partial charge in [-0.3, -0.25) is 4.79 Å². The summed E-state index contributed by atoms with van der Waals surface area (Å²) < 4.78 is 13.3. The zero-order chi connectivity index (χ0) is 13.1. The van der Waals surface area contributed by atoms with Crippen LogP contribution in [0.1, 0.15) is 17.3 Å². The van der Waals surface area contributed by atoms with Gasteiger partial charge in [0.25, 0.3) is 0 Å². The van der Waals surface area contributed by atoms with E-state index in [2.05, 4.69) is 9.97 Å². The number of hydrogen-bond donors (Lipinski definition) is 0. The van der Waals surface area contributed by atoms with E-state index in [9.17, 15) is 9.18 Å². The largest absolute Gasteiger partial charge is 0.294 e. The van der Waals surface area contributed by atoms with Crippen molar-refractivity contribution in [1.29, 1.82) is 0 Å². The SMILES string of the molecule is CSc1nccc(-c2cc(F)ccc2C(C)=O)n1.